The number of rotatable bonds is 8. The molecule has 0 amide bonds. The fourth-order valence-electron chi connectivity index (χ4n) is 1.79. The van der Waals surface area contributed by atoms with Crippen molar-refractivity contribution in [1.29, 1.82) is 0 Å². The van der Waals surface area contributed by atoms with E-state index in [0.717, 1.165) is 24.4 Å². The molecule has 2 aromatic rings. The number of hydrogen-bond acceptors (Lipinski definition) is 5. The maximum absolute atomic E-state index is 8.74. The van der Waals surface area contributed by atoms with Crippen LogP contribution < -0.4 is 5.32 Å². The topological polar surface area (TPSA) is 80.8 Å². The average molecular weight is 264 g/mol. The summed E-state index contributed by atoms with van der Waals surface area (Å²) in [5.41, 5.74) is 2.00. The third-order valence-electron chi connectivity index (χ3n) is 2.76. The Hall–Kier alpha value is -1.73. The summed E-state index contributed by atoms with van der Waals surface area (Å²) in [4.78, 5) is 0. The van der Waals surface area contributed by atoms with E-state index in [2.05, 4.69) is 20.7 Å². The minimum Gasteiger partial charge on any atom is -0.396 e. The van der Waals surface area contributed by atoms with Crippen molar-refractivity contribution >= 4 is 0 Å². The summed E-state index contributed by atoms with van der Waals surface area (Å²) >= 11 is 0. The second-order valence-electron chi connectivity index (χ2n) is 4.46. The van der Waals surface area contributed by atoms with Crippen molar-refractivity contribution in [2.75, 3.05) is 13.2 Å². The standard InChI is InChI=1S/C12H20N6O/c1-17-7-4-11(15-17)3-5-13-9-12-10-18(16-14-12)6-2-8-19/h4,7,10,13,19H,2-3,5-6,8-9H2,1H3. The van der Waals surface area contributed by atoms with Crippen LogP contribution in [0, 0.1) is 0 Å². The van der Waals surface area contributed by atoms with Crippen LogP contribution in [-0.2, 0) is 26.6 Å². The molecule has 0 atom stereocenters. The Labute approximate surface area is 112 Å². The number of nitrogens with zero attached hydrogens (tertiary/aromatic N) is 5. The van der Waals surface area contributed by atoms with Crippen LogP contribution >= 0.6 is 0 Å². The van der Waals surface area contributed by atoms with E-state index in [-0.39, 0.29) is 6.61 Å². The zero-order valence-electron chi connectivity index (χ0n) is 11.2. The molecule has 0 aliphatic carbocycles. The molecule has 0 aliphatic heterocycles. The summed E-state index contributed by atoms with van der Waals surface area (Å²) in [5.74, 6) is 0. The first-order valence-electron chi connectivity index (χ1n) is 6.47. The molecule has 0 saturated carbocycles. The van der Waals surface area contributed by atoms with E-state index >= 15 is 0 Å². The Balaban J connectivity index is 1.66. The SMILES string of the molecule is Cn1ccc(CCNCc2cn(CCCO)nn2)n1. The van der Waals surface area contributed by atoms with Gasteiger partial charge in [-0.2, -0.15) is 5.10 Å². The molecule has 2 aromatic heterocycles. The second-order valence-corrected chi connectivity index (χ2v) is 4.46. The molecule has 0 radical (unpaired) electrons. The highest BCUT2D eigenvalue weighted by Crippen LogP contribution is 1.96. The van der Waals surface area contributed by atoms with Crippen LogP contribution in [0.4, 0.5) is 0 Å². The summed E-state index contributed by atoms with van der Waals surface area (Å²) in [6.45, 7) is 2.45. The lowest BCUT2D eigenvalue weighted by molar-refractivity contribution is 0.276. The highest BCUT2D eigenvalue weighted by Gasteiger charge is 2.01. The second kappa shape index (κ2) is 7.01. The van der Waals surface area contributed by atoms with Gasteiger partial charge in [0.1, 0.15) is 0 Å². The molecular formula is C12H20N6O. The molecule has 0 bridgehead atoms. The van der Waals surface area contributed by atoms with Crippen molar-refractivity contribution in [3.8, 4) is 0 Å². The molecule has 0 spiro atoms. The van der Waals surface area contributed by atoms with Gasteiger partial charge in [-0.15, -0.1) is 5.10 Å². The lowest BCUT2D eigenvalue weighted by Crippen LogP contribution is -2.17. The van der Waals surface area contributed by atoms with Gasteiger partial charge in [0.25, 0.3) is 0 Å². The average Bonchev–Trinajstić information content (AvgIpc) is 3.01. The van der Waals surface area contributed by atoms with E-state index in [9.17, 15) is 0 Å². The monoisotopic (exact) mass is 264 g/mol. The van der Waals surface area contributed by atoms with E-state index in [1.807, 2.05) is 30.2 Å². The summed E-state index contributed by atoms with van der Waals surface area (Å²) in [6.07, 6.45) is 5.46. The Morgan fingerprint density at radius 2 is 2.26 bits per heavy atom. The molecule has 7 heteroatoms. The smallest absolute Gasteiger partial charge is 0.0964 e. The number of aromatic nitrogens is 5. The normalized spacial score (nSPS) is 11.1. The van der Waals surface area contributed by atoms with Crippen molar-refractivity contribution in [3.05, 3.63) is 29.8 Å². The predicted molar refractivity (Wildman–Crippen MR) is 70.3 cm³/mol. The van der Waals surface area contributed by atoms with Crippen LogP contribution in [0.3, 0.4) is 0 Å². The highest BCUT2D eigenvalue weighted by molar-refractivity contribution is 4.99. The predicted octanol–water partition coefficient (Wildman–Crippen LogP) is -0.274. The van der Waals surface area contributed by atoms with Crippen LogP contribution in [0.1, 0.15) is 17.8 Å². The molecule has 19 heavy (non-hydrogen) atoms. The van der Waals surface area contributed by atoms with Gasteiger partial charge in [0.05, 0.1) is 11.4 Å². The van der Waals surface area contributed by atoms with Gasteiger partial charge in [0.15, 0.2) is 0 Å². The molecule has 0 saturated heterocycles. The molecule has 2 rings (SSSR count). The van der Waals surface area contributed by atoms with E-state index in [1.165, 1.54) is 0 Å². The Morgan fingerprint density at radius 3 is 3.00 bits per heavy atom. The Kier molecular flexibility index (Phi) is 5.05. The van der Waals surface area contributed by atoms with Gasteiger partial charge in [-0.3, -0.25) is 9.36 Å². The first-order valence-corrected chi connectivity index (χ1v) is 6.47. The first kappa shape index (κ1) is 13.7. The van der Waals surface area contributed by atoms with Crippen molar-refractivity contribution in [2.45, 2.75) is 25.9 Å². The van der Waals surface area contributed by atoms with Crippen molar-refractivity contribution in [3.63, 3.8) is 0 Å². The largest absolute Gasteiger partial charge is 0.396 e. The van der Waals surface area contributed by atoms with Gasteiger partial charge < -0.3 is 10.4 Å². The quantitative estimate of drug-likeness (QED) is 0.641. The van der Waals surface area contributed by atoms with Crippen LogP contribution in [0.15, 0.2) is 18.5 Å². The fraction of sp³-hybridized carbons (Fsp3) is 0.583. The summed E-state index contributed by atoms with van der Waals surface area (Å²) in [7, 11) is 1.92. The lowest BCUT2D eigenvalue weighted by atomic mass is 10.3. The third-order valence-corrected chi connectivity index (χ3v) is 2.76. The number of aliphatic hydroxyl groups is 1. The Morgan fingerprint density at radius 1 is 1.37 bits per heavy atom. The van der Waals surface area contributed by atoms with E-state index < -0.39 is 0 Å². The zero-order chi connectivity index (χ0) is 13.5. The maximum Gasteiger partial charge on any atom is 0.0964 e. The van der Waals surface area contributed by atoms with E-state index in [0.29, 0.717) is 19.5 Å². The number of aryl methyl sites for hydroxylation is 2. The van der Waals surface area contributed by atoms with Gasteiger partial charge in [-0.05, 0) is 12.5 Å². The van der Waals surface area contributed by atoms with Crippen LogP contribution in [-0.4, -0.2) is 43.0 Å². The van der Waals surface area contributed by atoms with Crippen molar-refractivity contribution in [1.82, 2.24) is 30.1 Å². The van der Waals surface area contributed by atoms with Gasteiger partial charge in [-0.1, -0.05) is 5.21 Å². The van der Waals surface area contributed by atoms with Gasteiger partial charge in [0, 0.05) is 52.1 Å². The lowest BCUT2D eigenvalue weighted by Gasteiger charge is -2.00. The number of nitrogens with one attached hydrogen (secondary N) is 1. The van der Waals surface area contributed by atoms with Gasteiger partial charge in [0.2, 0.25) is 0 Å². The van der Waals surface area contributed by atoms with Crippen LogP contribution in [0.2, 0.25) is 0 Å². The number of hydrogen-bond donors (Lipinski definition) is 2. The molecule has 0 fully saturated rings. The molecule has 2 heterocycles. The summed E-state index contributed by atoms with van der Waals surface area (Å²) < 4.78 is 3.56. The molecule has 0 aliphatic rings. The van der Waals surface area contributed by atoms with Crippen LogP contribution in [0.25, 0.3) is 0 Å². The molecule has 0 aromatic carbocycles. The highest BCUT2D eigenvalue weighted by atomic mass is 16.3. The van der Waals surface area contributed by atoms with E-state index in [4.69, 9.17) is 5.11 Å². The van der Waals surface area contributed by atoms with E-state index in [1.54, 1.807) is 4.68 Å². The number of aliphatic hydroxyl groups excluding tert-OH is 1. The zero-order valence-corrected chi connectivity index (χ0v) is 11.2. The third kappa shape index (κ3) is 4.46. The molecule has 104 valence electrons. The molecule has 7 nitrogen and oxygen atoms in total. The molecular weight excluding hydrogens is 244 g/mol. The van der Waals surface area contributed by atoms with Gasteiger partial charge in [-0.25, -0.2) is 0 Å². The Bertz CT molecular complexity index is 492. The fourth-order valence-corrected chi connectivity index (χ4v) is 1.79. The van der Waals surface area contributed by atoms with Crippen molar-refractivity contribution < 1.29 is 5.11 Å². The maximum atomic E-state index is 8.74. The molecule has 0 unspecified atom stereocenters. The minimum atomic E-state index is 0.178. The first-order chi connectivity index (χ1) is 9.28. The minimum absolute atomic E-state index is 0.178. The molecule has 2 N–H and O–H groups in total. The summed E-state index contributed by atoms with van der Waals surface area (Å²) in [6, 6.07) is 2.02. The van der Waals surface area contributed by atoms with Crippen molar-refractivity contribution in [2.24, 2.45) is 7.05 Å². The summed E-state index contributed by atoms with van der Waals surface area (Å²) in [5, 5.41) is 24.4. The van der Waals surface area contributed by atoms with Crippen LogP contribution in [0.5, 0.6) is 0 Å². The van der Waals surface area contributed by atoms with Gasteiger partial charge >= 0.3 is 0 Å².